The first kappa shape index (κ1) is 13.2. The standard InChI is InChI=1S/C15H17N3O/c1-3-15(19)17-14-7-5-4-6-13(14)8-9-18-10-12(2)16-11-18/h1,4-7,10-11,15,17,19H,8-9H2,2H3/t15-/m1/s1. The molecule has 0 aliphatic carbocycles. The molecule has 4 heteroatoms. The third-order valence-corrected chi connectivity index (χ3v) is 2.87. The van der Waals surface area contributed by atoms with E-state index in [1.807, 2.05) is 48.3 Å². The Labute approximate surface area is 113 Å². The van der Waals surface area contributed by atoms with Crippen LogP contribution in [0.2, 0.25) is 0 Å². The van der Waals surface area contributed by atoms with E-state index in [2.05, 4.69) is 16.2 Å². The van der Waals surface area contributed by atoms with E-state index >= 15 is 0 Å². The smallest absolute Gasteiger partial charge is 0.188 e. The van der Waals surface area contributed by atoms with Gasteiger partial charge in [-0.15, -0.1) is 6.42 Å². The number of para-hydroxylation sites is 1. The lowest BCUT2D eigenvalue weighted by Gasteiger charge is -2.13. The quantitative estimate of drug-likeness (QED) is 0.632. The molecule has 1 aromatic heterocycles. The molecule has 2 N–H and O–H groups in total. The molecule has 0 radical (unpaired) electrons. The van der Waals surface area contributed by atoms with Gasteiger partial charge in [0.2, 0.25) is 0 Å². The van der Waals surface area contributed by atoms with Crippen molar-refractivity contribution in [3.05, 3.63) is 48.0 Å². The molecule has 0 spiro atoms. The van der Waals surface area contributed by atoms with Crippen LogP contribution in [0.3, 0.4) is 0 Å². The number of rotatable bonds is 5. The Kier molecular flexibility index (Phi) is 4.22. The first-order chi connectivity index (χ1) is 9.19. The third-order valence-electron chi connectivity index (χ3n) is 2.87. The zero-order chi connectivity index (χ0) is 13.7. The van der Waals surface area contributed by atoms with E-state index in [0.29, 0.717) is 0 Å². The van der Waals surface area contributed by atoms with Crippen molar-refractivity contribution in [2.45, 2.75) is 26.1 Å². The van der Waals surface area contributed by atoms with Gasteiger partial charge >= 0.3 is 0 Å². The zero-order valence-electron chi connectivity index (χ0n) is 10.9. The van der Waals surface area contributed by atoms with Gasteiger partial charge in [-0.25, -0.2) is 4.98 Å². The summed E-state index contributed by atoms with van der Waals surface area (Å²) in [7, 11) is 0. The van der Waals surface area contributed by atoms with Crippen molar-refractivity contribution in [1.82, 2.24) is 9.55 Å². The Hall–Kier alpha value is -2.25. The number of aromatic nitrogens is 2. The molecular weight excluding hydrogens is 238 g/mol. The van der Waals surface area contributed by atoms with Gasteiger partial charge in [-0.2, -0.15) is 0 Å². The highest BCUT2D eigenvalue weighted by atomic mass is 16.3. The lowest BCUT2D eigenvalue weighted by Crippen LogP contribution is -2.17. The Balaban J connectivity index is 2.05. The van der Waals surface area contributed by atoms with Gasteiger partial charge in [0, 0.05) is 18.4 Å². The van der Waals surface area contributed by atoms with Crippen molar-refractivity contribution in [1.29, 1.82) is 0 Å². The van der Waals surface area contributed by atoms with E-state index in [4.69, 9.17) is 6.42 Å². The molecule has 4 nitrogen and oxygen atoms in total. The Morgan fingerprint density at radius 2 is 2.26 bits per heavy atom. The molecular formula is C15H17N3O. The topological polar surface area (TPSA) is 50.1 Å². The van der Waals surface area contributed by atoms with Gasteiger partial charge in [-0.05, 0) is 25.0 Å². The summed E-state index contributed by atoms with van der Waals surface area (Å²) in [5.74, 6) is 2.25. The summed E-state index contributed by atoms with van der Waals surface area (Å²) in [4.78, 5) is 4.19. The number of aryl methyl sites for hydroxylation is 3. The van der Waals surface area contributed by atoms with Gasteiger partial charge in [0.15, 0.2) is 6.23 Å². The summed E-state index contributed by atoms with van der Waals surface area (Å²) in [6, 6.07) is 7.82. The van der Waals surface area contributed by atoms with Gasteiger partial charge in [0.25, 0.3) is 0 Å². The summed E-state index contributed by atoms with van der Waals surface area (Å²) >= 11 is 0. The third kappa shape index (κ3) is 3.60. The number of hydrogen-bond acceptors (Lipinski definition) is 3. The average Bonchev–Trinajstić information content (AvgIpc) is 2.83. The minimum Gasteiger partial charge on any atom is -0.363 e. The normalized spacial score (nSPS) is 11.8. The molecule has 0 saturated carbocycles. The molecule has 1 atom stereocenters. The zero-order valence-corrected chi connectivity index (χ0v) is 10.9. The summed E-state index contributed by atoms with van der Waals surface area (Å²) < 4.78 is 2.05. The summed E-state index contributed by atoms with van der Waals surface area (Å²) in [6.45, 7) is 2.81. The predicted molar refractivity (Wildman–Crippen MR) is 75.6 cm³/mol. The second-order valence-corrected chi connectivity index (χ2v) is 4.37. The first-order valence-electron chi connectivity index (χ1n) is 6.16. The van der Waals surface area contributed by atoms with Crippen LogP contribution in [0.1, 0.15) is 11.3 Å². The van der Waals surface area contributed by atoms with Crippen molar-refractivity contribution >= 4 is 5.69 Å². The maximum Gasteiger partial charge on any atom is 0.188 e. The minimum atomic E-state index is -0.961. The van der Waals surface area contributed by atoms with Crippen molar-refractivity contribution in [2.75, 3.05) is 5.32 Å². The highest BCUT2D eigenvalue weighted by molar-refractivity contribution is 5.52. The van der Waals surface area contributed by atoms with Crippen molar-refractivity contribution in [3.8, 4) is 12.3 Å². The number of nitrogens with zero attached hydrogens (tertiary/aromatic N) is 2. The van der Waals surface area contributed by atoms with Crippen LogP contribution in [0.5, 0.6) is 0 Å². The molecule has 1 heterocycles. The van der Waals surface area contributed by atoms with Gasteiger partial charge in [-0.3, -0.25) is 0 Å². The highest BCUT2D eigenvalue weighted by Crippen LogP contribution is 2.17. The van der Waals surface area contributed by atoms with E-state index in [1.54, 1.807) is 0 Å². The van der Waals surface area contributed by atoms with Crippen LogP contribution in [0.15, 0.2) is 36.8 Å². The molecule has 19 heavy (non-hydrogen) atoms. The molecule has 0 fully saturated rings. The van der Waals surface area contributed by atoms with Crippen LogP contribution in [-0.2, 0) is 13.0 Å². The maximum atomic E-state index is 9.46. The number of terminal acetylenes is 1. The van der Waals surface area contributed by atoms with Crippen molar-refractivity contribution in [3.63, 3.8) is 0 Å². The van der Waals surface area contributed by atoms with E-state index < -0.39 is 6.23 Å². The summed E-state index contributed by atoms with van der Waals surface area (Å²) in [5.41, 5.74) is 2.99. The van der Waals surface area contributed by atoms with E-state index in [9.17, 15) is 5.11 Å². The summed E-state index contributed by atoms with van der Waals surface area (Å²) in [6.07, 6.45) is 8.87. The largest absolute Gasteiger partial charge is 0.363 e. The van der Waals surface area contributed by atoms with Crippen molar-refractivity contribution in [2.24, 2.45) is 0 Å². The van der Waals surface area contributed by atoms with Crippen LogP contribution in [0.4, 0.5) is 5.69 Å². The fourth-order valence-electron chi connectivity index (χ4n) is 1.91. The van der Waals surface area contributed by atoms with E-state index in [-0.39, 0.29) is 0 Å². The Morgan fingerprint density at radius 3 is 2.95 bits per heavy atom. The van der Waals surface area contributed by atoms with E-state index in [0.717, 1.165) is 29.9 Å². The molecule has 2 rings (SSSR count). The Morgan fingerprint density at radius 1 is 1.47 bits per heavy atom. The lowest BCUT2D eigenvalue weighted by molar-refractivity contribution is 0.261. The number of aliphatic hydroxyl groups excluding tert-OH is 1. The molecule has 0 aliphatic heterocycles. The molecule has 0 bridgehead atoms. The van der Waals surface area contributed by atoms with Gasteiger partial charge in [0.1, 0.15) is 0 Å². The fraction of sp³-hybridized carbons (Fsp3) is 0.267. The molecule has 0 unspecified atom stereocenters. The van der Waals surface area contributed by atoms with Crippen LogP contribution in [0.25, 0.3) is 0 Å². The number of benzene rings is 1. The number of aliphatic hydroxyl groups is 1. The van der Waals surface area contributed by atoms with Crippen LogP contribution < -0.4 is 5.32 Å². The molecule has 0 amide bonds. The predicted octanol–water partition coefficient (Wildman–Crippen LogP) is 1.80. The number of anilines is 1. The summed E-state index contributed by atoms with van der Waals surface area (Å²) in [5, 5.41) is 12.4. The van der Waals surface area contributed by atoms with Crippen LogP contribution in [-0.4, -0.2) is 20.9 Å². The SMILES string of the molecule is C#C[C@@H](O)Nc1ccccc1CCn1cnc(C)c1. The number of imidazole rings is 1. The maximum absolute atomic E-state index is 9.46. The van der Waals surface area contributed by atoms with Gasteiger partial charge < -0.3 is 15.0 Å². The van der Waals surface area contributed by atoms with Crippen LogP contribution in [0, 0.1) is 19.3 Å². The van der Waals surface area contributed by atoms with Gasteiger partial charge in [0.05, 0.1) is 12.0 Å². The molecule has 0 aliphatic rings. The molecule has 0 saturated heterocycles. The van der Waals surface area contributed by atoms with Crippen molar-refractivity contribution < 1.29 is 5.11 Å². The lowest BCUT2D eigenvalue weighted by atomic mass is 10.1. The van der Waals surface area contributed by atoms with E-state index in [1.165, 1.54) is 0 Å². The molecule has 98 valence electrons. The second-order valence-electron chi connectivity index (χ2n) is 4.37. The monoisotopic (exact) mass is 255 g/mol. The average molecular weight is 255 g/mol. The van der Waals surface area contributed by atoms with Crippen LogP contribution >= 0.6 is 0 Å². The molecule has 1 aromatic carbocycles. The van der Waals surface area contributed by atoms with Gasteiger partial charge in [-0.1, -0.05) is 24.1 Å². The number of hydrogen-bond donors (Lipinski definition) is 2. The highest BCUT2D eigenvalue weighted by Gasteiger charge is 2.05. The Bertz CT molecular complexity index is 583. The second kappa shape index (κ2) is 6.07. The molecule has 2 aromatic rings. The first-order valence-corrected chi connectivity index (χ1v) is 6.16. The fourth-order valence-corrected chi connectivity index (χ4v) is 1.91. The minimum absolute atomic E-state index is 0.839. The number of nitrogens with one attached hydrogen (secondary N) is 1.